The summed E-state index contributed by atoms with van der Waals surface area (Å²) < 4.78 is 0. The SMILES string of the molecule is Cc1ccc(NC(=O)c2cc[nH]c(=O)c2)cc1N(C)C. The van der Waals surface area contributed by atoms with Gasteiger partial charge in [-0.3, -0.25) is 9.59 Å². The zero-order chi connectivity index (χ0) is 14.7. The molecule has 104 valence electrons. The van der Waals surface area contributed by atoms with E-state index in [1.807, 2.05) is 44.1 Å². The minimum Gasteiger partial charge on any atom is -0.377 e. The van der Waals surface area contributed by atoms with E-state index in [1.165, 1.54) is 12.3 Å². The topological polar surface area (TPSA) is 65.2 Å². The zero-order valence-electron chi connectivity index (χ0n) is 11.7. The second kappa shape index (κ2) is 5.61. The van der Waals surface area contributed by atoms with Crippen molar-refractivity contribution in [3.8, 4) is 0 Å². The van der Waals surface area contributed by atoms with Gasteiger partial charge in [0, 0.05) is 43.3 Å². The van der Waals surface area contributed by atoms with E-state index in [2.05, 4.69) is 10.3 Å². The van der Waals surface area contributed by atoms with Gasteiger partial charge in [-0.05, 0) is 30.7 Å². The van der Waals surface area contributed by atoms with Crippen LogP contribution in [-0.4, -0.2) is 25.0 Å². The van der Waals surface area contributed by atoms with Crippen molar-refractivity contribution in [2.24, 2.45) is 0 Å². The van der Waals surface area contributed by atoms with E-state index in [0.717, 1.165) is 11.3 Å². The summed E-state index contributed by atoms with van der Waals surface area (Å²) in [5.41, 5.74) is 2.90. The van der Waals surface area contributed by atoms with Crippen molar-refractivity contribution in [3.63, 3.8) is 0 Å². The third kappa shape index (κ3) is 3.06. The molecule has 0 radical (unpaired) electrons. The van der Waals surface area contributed by atoms with Crippen molar-refractivity contribution in [2.75, 3.05) is 24.3 Å². The summed E-state index contributed by atoms with van der Waals surface area (Å²) in [5, 5.41) is 2.79. The fraction of sp³-hybridized carbons (Fsp3) is 0.200. The molecule has 0 aliphatic carbocycles. The van der Waals surface area contributed by atoms with Crippen LogP contribution in [0.2, 0.25) is 0 Å². The standard InChI is InChI=1S/C15H17N3O2/c1-10-4-5-12(9-13(10)18(2)3)17-15(20)11-6-7-16-14(19)8-11/h4-9H,1-3H3,(H,16,19)(H,17,20). The Kier molecular flexibility index (Phi) is 3.89. The summed E-state index contributed by atoms with van der Waals surface area (Å²) in [7, 11) is 3.90. The van der Waals surface area contributed by atoms with E-state index in [0.29, 0.717) is 11.3 Å². The van der Waals surface area contributed by atoms with Gasteiger partial charge in [0.25, 0.3) is 5.91 Å². The van der Waals surface area contributed by atoms with Crippen LogP contribution < -0.4 is 15.8 Å². The van der Waals surface area contributed by atoms with E-state index < -0.39 is 0 Å². The van der Waals surface area contributed by atoms with Crippen LogP contribution in [0.25, 0.3) is 0 Å². The molecule has 0 spiro atoms. The van der Waals surface area contributed by atoms with Gasteiger partial charge in [0.2, 0.25) is 5.56 Å². The minimum absolute atomic E-state index is 0.296. The molecule has 0 aliphatic rings. The number of nitrogens with zero attached hydrogens (tertiary/aromatic N) is 1. The minimum atomic E-state index is -0.301. The number of rotatable bonds is 3. The molecule has 2 aromatic rings. The second-order valence-electron chi connectivity index (χ2n) is 4.79. The van der Waals surface area contributed by atoms with Gasteiger partial charge in [-0.25, -0.2) is 0 Å². The van der Waals surface area contributed by atoms with Gasteiger partial charge in [0.1, 0.15) is 0 Å². The smallest absolute Gasteiger partial charge is 0.255 e. The van der Waals surface area contributed by atoms with Crippen molar-refractivity contribution >= 4 is 17.3 Å². The number of hydrogen-bond acceptors (Lipinski definition) is 3. The summed E-state index contributed by atoms with van der Waals surface area (Å²) in [6, 6.07) is 8.53. The Bertz CT molecular complexity index is 690. The molecule has 0 saturated carbocycles. The number of aromatic amines is 1. The number of aryl methyl sites for hydroxylation is 1. The Hall–Kier alpha value is -2.56. The Morgan fingerprint density at radius 2 is 1.95 bits per heavy atom. The first-order valence-electron chi connectivity index (χ1n) is 6.25. The number of anilines is 2. The van der Waals surface area contributed by atoms with Gasteiger partial charge in [-0.2, -0.15) is 0 Å². The maximum atomic E-state index is 12.1. The average molecular weight is 271 g/mol. The van der Waals surface area contributed by atoms with Crippen molar-refractivity contribution in [2.45, 2.75) is 6.92 Å². The molecule has 5 nitrogen and oxygen atoms in total. The molecule has 0 saturated heterocycles. The normalized spacial score (nSPS) is 10.2. The van der Waals surface area contributed by atoms with Crippen molar-refractivity contribution < 1.29 is 4.79 Å². The lowest BCUT2D eigenvalue weighted by Crippen LogP contribution is -2.16. The molecule has 0 atom stereocenters. The molecular weight excluding hydrogens is 254 g/mol. The maximum Gasteiger partial charge on any atom is 0.255 e. The van der Waals surface area contributed by atoms with Crippen molar-refractivity contribution in [1.29, 1.82) is 0 Å². The lowest BCUT2D eigenvalue weighted by molar-refractivity contribution is 0.102. The van der Waals surface area contributed by atoms with Gasteiger partial charge in [0.15, 0.2) is 0 Å². The van der Waals surface area contributed by atoms with Gasteiger partial charge < -0.3 is 15.2 Å². The molecule has 0 bridgehead atoms. The molecule has 2 N–H and O–H groups in total. The molecule has 20 heavy (non-hydrogen) atoms. The number of carbonyl (C=O) groups excluding carboxylic acids is 1. The van der Waals surface area contributed by atoms with Crippen LogP contribution in [0.15, 0.2) is 41.3 Å². The number of benzene rings is 1. The summed E-state index contributed by atoms with van der Waals surface area (Å²) in [5.74, 6) is -0.301. The Morgan fingerprint density at radius 3 is 2.60 bits per heavy atom. The number of amides is 1. The molecule has 0 fully saturated rings. The van der Waals surface area contributed by atoms with Crippen LogP contribution in [0.5, 0.6) is 0 Å². The van der Waals surface area contributed by atoms with Gasteiger partial charge in [-0.15, -0.1) is 0 Å². The second-order valence-corrected chi connectivity index (χ2v) is 4.79. The third-order valence-electron chi connectivity index (χ3n) is 2.99. The summed E-state index contributed by atoms with van der Waals surface area (Å²) in [6.07, 6.45) is 1.46. The third-order valence-corrected chi connectivity index (χ3v) is 2.99. The van der Waals surface area contributed by atoms with Gasteiger partial charge in [0.05, 0.1) is 0 Å². The van der Waals surface area contributed by atoms with Gasteiger partial charge >= 0.3 is 0 Å². The monoisotopic (exact) mass is 271 g/mol. The first kappa shape index (κ1) is 13.9. The summed E-state index contributed by atoms with van der Waals surface area (Å²) in [6.45, 7) is 2.01. The molecular formula is C15H17N3O2. The first-order valence-corrected chi connectivity index (χ1v) is 6.25. The zero-order valence-corrected chi connectivity index (χ0v) is 11.7. The van der Waals surface area contributed by atoms with E-state index in [9.17, 15) is 9.59 Å². The maximum absolute atomic E-state index is 12.1. The molecule has 1 amide bonds. The number of aromatic nitrogens is 1. The fourth-order valence-electron chi connectivity index (χ4n) is 1.96. The number of H-pyrrole nitrogens is 1. The molecule has 1 aromatic carbocycles. The first-order chi connectivity index (χ1) is 9.47. The quantitative estimate of drug-likeness (QED) is 0.897. The molecule has 2 rings (SSSR count). The highest BCUT2D eigenvalue weighted by Gasteiger charge is 2.08. The number of pyridine rings is 1. The fourth-order valence-corrected chi connectivity index (χ4v) is 1.96. The highest BCUT2D eigenvalue weighted by molar-refractivity contribution is 6.04. The predicted octanol–water partition coefficient (Wildman–Crippen LogP) is 2.00. The molecule has 1 aromatic heterocycles. The van der Waals surface area contributed by atoms with Crippen molar-refractivity contribution in [1.82, 2.24) is 4.98 Å². The molecule has 0 unspecified atom stereocenters. The van der Waals surface area contributed by atoms with Crippen LogP contribution in [-0.2, 0) is 0 Å². The van der Waals surface area contributed by atoms with Gasteiger partial charge in [-0.1, -0.05) is 6.07 Å². The lowest BCUT2D eigenvalue weighted by Gasteiger charge is -2.17. The highest BCUT2D eigenvalue weighted by atomic mass is 16.2. The lowest BCUT2D eigenvalue weighted by atomic mass is 10.1. The van der Waals surface area contributed by atoms with E-state index >= 15 is 0 Å². The number of carbonyl (C=O) groups is 1. The summed E-state index contributed by atoms with van der Waals surface area (Å²) in [4.78, 5) is 27.7. The Balaban J connectivity index is 2.24. The van der Waals surface area contributed by atoms with Crippen LogP contribution in [0.4, 0.5) is 11.4 Å². The Labute approximate surface area is 117 Å². The molecule has 5 heteroatoms. The average Bonchev–Trinajstić information content (AvgIpc) is 2.40. The van der Waals surface area contributed by atoms with Crippen LogP contribution in [0, 0.1) is 6.92 Å². The van der Waals surface area contributed by atoms with E-state index in [1.54, 1.807) is 6.07 Å². The van der Waals surface area contributed by atoms with E-state index in [4.69, 9.17) is 0 Å². The van der Waals surface area contributed by atoms with E-state index in [-0.39, 0.29) is 11.5 Å². The number of hydrogen-bond donors (Lipinski definition) is 2. The molecule has 0 aliphatic heterocycles. The Morgan fingerprint density at radius 1 is 1.20 bits per heavy atom. The van der Waals surface area contributed by atoms with Crippen molar-refractivity contribution in [3.05, 3.63) is 58.0 Å². The summed E-state index contributed by atoms with van der Waals surface area (Å²) >= 11 is 0. The van der Waals surface area contributed by atoms with Crippen LogP contribution in [0.3, 0.4) is 0 Å². The molecule has 1 heterocycles. The van der Waals surface area contributed by atoms with Crippen LogP contribution in [0.1, 0.15) is 15.9 Å². The predicted molar refractivity (Wildman–Crippen MR) is 80.5 cm³/mol. The van der Waals surface area contributed by atoms with Crippen LogP contribution >= 0.6 is 0 Å². The number of nitrogens with one attached hydrogen (secondary N) is 2. The largest absolute Gasteiger partial charge is 0.377 e. The highest BCUT2D eigenvalue weighted by Crippen LogP contribution is 2.22.